The van der Waals surface area contributed by atoms with Crippen molar-refractivity contribution in [2.24, 2.45) is 0 Å². The number of aromatic nitrogens is 1. The molecule has 17 heavy (non-hydrogen) atoms. The molecule has 0 bridgehead atoms. The molecule has 0 saturated carbocycles. The number of hydrogen-bond acceptors (Lipinski definition) is 3. The average molecular weight is 243 g/mol. The van der Waals surface area contributed by atoms with Crippen LogP contribution in [0.5, 0.6) is 0 Å². The van der Waals surface area contributed by atoms with Crippen molar-refractivity contribution >= 4 is 5.97 Å². The number of rotatable bonds is 2. The Morgan fingerprint density at radius 3 is 2.65 bits per heavy atom. The van der Waals surface area contributed by atoms with E-state index in [-0.39, 0.29) is 17.7 Å². The van der Waals surface area contributed by atoms with E-state index in [0.29, 0.717) is 6.07 Å². The fourth-order valence-electron chi connectivity index (χ4n) is 1.16. The van der Waals surface area contributed by atoms with Gasteiger partial charge in [0.05, 0.1) is 24.8 Å². The van der Waals surface area contributed by atoms with Crippen molar-refractivity contribution in [3.63, 3.8) is 0 Å². The lowest BCUT2D eigenvalue weighted by molar-refractivity contribution is -0.141. The molecule has 90 valence electrons. The number of methoxy groups -OCH3 is 1. The molecular formula is C11H8F3NO2. The minimum absolute atomic E-state index is 0.00252. The predicted octanol–water partition coefficient (Wildman–Crippen LogP) is 2.06. The second-order valence-electron chi connectivity index (χ2n) is 3.10. The van der Waals surface area contributed by atoms with E-state index in [1.165, 1.54) is 6.07 Å². The highest BCUT2D eigenvalue weighted by Crippen LogP contribution is 2.28. The van der Waals surface area contributed by atoms with Crippen LogP contribution in [0, 0.1) is 12.3 Å². The molecule has 0 aliphatic heterocycles. The van der Waals surface area contributed by atoms with E-state index in [1.807, 2.05) is 0 Å². The van der Waals surface area contributed by atoms with E-state index in [0.717, 1.165) is 7.11 Å². The maximum absolute atomic E-state index is 12.5. The Labute approximate surface area is 95.6 Å². The Morgan fingerprint density at radius 2 is 2.18 bits per heavy atom. The van der Waals surface area contributed by atoms with Gasteiger partial charge in [-0.15, -0.1) is 12.3 Å². The summed E-state index contributed by atoms with van der Waals surface area (Å²) in [6.45, 7) is 0. The fourth-order valence-corrected chi connectivity index (χ4v) is 1.16. The van der Waals surface area contributed by atoms with E-state index in [9.17, 15) is 18.0 Å². The molecule has 0 radical (unpaired) electrons. The molecule has 6 heteroatoms. The molecule has 1 aromatic heterocycles. The Bertz CT molecular complexity index is 475. The molecule has 1 rings (SSSR count). The first-order valence-electron chi connectivity index (χ1n) is 4.48. The maximum atomic E-state index is 12.5. The minimum atomic E-state index is -4.63. The molecular weight excluding hydrogens is 235 g/mol. The summed E-state index contributed by atoms with van der Waals surface area (Å²) in [6.07, 6.45) is 0.270. The van der Waals surface area contributed by atoms with Gasteiger partial charge < -0.3 is 4.74 Å². The van der Waals surface area contributed by atoms with Crippen molar-refractivity contribution in [3.05, 3.63) is 29.1 Å². The molecule has 0 saturated heterocycles. The van der Waals surface area contributed by atoms with Gasteiger partial charge in [0, 0.05) is 0 Å². The summed E-state index contributed by atoms with van der Waals surface area (Å²) < 4.78 is 41.8. The lowest BCUT2D eigenvalue weighted by Crippen LogP contribution is -2.13. The molecule has 0 unspecified atom stereocenters. The molecule has 3 nitrogen and oxygen atoms in total. The van der Waals surface area contributed by atoms with E-state index in [1.54, 1.807) is 0 Å². The van der Waals surface area contributed by atoms with E-state index < -0.39 is 17.8 Å². The van der Waals surface area contributed by atoms with E-state index in [4.69, 9.17) is 6.42 Å². The largest absolute Gasteiger partial charge is 0.465 e. The number of pyridine rings is 1. The number of nitrogens with zero attached hydrogens (tertiary/aromatic N) is 1. The quantitative estimate of drug-likeness (QED) is 0.589. The third kappa shape index (κ3) is 3.21. The predicted molar refractivity (Wildman–Crippen MR) is 53.1 cm³/mol. The molecule has 0 fully saturated rings. The van der Waals surface area contributed by atoms with Crippen LogP contribution in [0.2, 0.25) is 0 Å². The van der Waals surface area contributed by atoms with Crippen LogP contribution in [-0.2, 0) is 17.3 Å². The third-order valence-corrected chi connectivity index (χ3v) is 1.87. The molecule has 0 aromatic carbocycles. The zero-order valence-corrected chi connectivity index (χ0v) is 8.84. The number of alkyl halides is 3. The Morgan fingerprint density at radius 1 is 1.53 bits per heavy atom. The average Bonchev–Trinajstić information content (AvgIpc) is 2.27. The zero-order chi connectivity index (χ0) is 13.1. The van der Waals surface area contributed by atoms with Crippen LogP contribution in [0.1, 0.15) is 21.7 Å². The number of ether oxygens (including phenoxy) is 1. The fraction of sp³-hybridized carbons (Fsp3) is 0.273. The van der Waals surface area contributed by atoms with Gasteiger partial charge in [-0.1, -0.05) is 0 Å². The molecule has 0 N–H and O–H groups in total. The van der Waals surface area contributed by atoms with Gasteiger partial charge in [-0.05, 0) is 12.1 Å². The van der Waals surface area contributed by atoms with Gasteiger partial charge in [0.15, 0.2) is 0 Å². The first-order chi connectivity index (χ1) is 7.88. The van der Waals surface area contributed by atoms with Gasteiger partial charge in [0.2, 0.25) is 0 Å². The zero-order valence-electron chi connectivity index (χ0n) is 8.84. The van der Waals surface area contributed by atoms with Crippen LogP contribution in [0.25, 0.3) is 0 Å². The van der Waals surface area contributed by atoms with E-state index in [2.05, 4.69) is 15.6 Å². The molecule has 0 spiro atoms. The van der Waals surface area contributed by atoms with Crippen LogP contribution in [-0.4, -0.2) is 18.1 Å². The van der Waals surface area contributed by atoms with Gasteiger partial charge in [0.25, 0.3) is 0 Å². The number of esters is 1. The molecule has 1 heterocycles. The SMILES string of the molecule is C#CCc1cc(C(=O)OC)cc(C(F)(F)F)n1. The van der Waals surface area contributed by atoms with Gasteiger partial charge in [-0.25, -0.2) is 9.78 Å². The minimum Gasteiger partial charge on any atom is -0.465 e. The molecule has 0 amide bonds. The maximum Gasteiger partial charge on any atom is 0.433 e. The second-order valence-corrected chi connectivity index (χ2v) is 3.10. The topological polar surface area (TPSA) is 39.2 Å². The number of carbonyl (C=O) groups excluding carboxylic acids is 1. The lowest BCUT2D eigenvalue weighted by atomic mass is 10.1. The summed E-state index contributed by atoms with van der Waals surface area (Å²) in [6, 6.07) is 1.81. The molecule has 0 aliphatic rings. The summed E-state index contributed by atoms with van der Waals surface area (Å²) in [7, 11) is 1.08. The normalized spacial score (nSPS) is 10.8. The smallest absolute Gasteiger partial charge is 0.433 e. The monoisotopic (exact) mass is 243 g/mol. The van der Waals surface area contributed by atoms with Crippen molar-refractivity contribution in [1.82, 2.24) is 4.98 Å². The van der Waals surface area contributed by atoms with Gasteiger partial charge in [0.1, 0.15) is 5.69 Å². The molecule has 1 aromatic rings. The van der Waals surface area contributed by atoms with Crippen LogP contribution < -0.4 is 0 Å². The van der Waals surface area contributed by atoms with Crippen LogP contribution >= 0.6 is 0 Å². The second kappa shape index (κ2) is 4.87. The Hall–Kier alpha value is -2.03. The Kier molecular flexibility index (Phi) is 3.73. The van der Waals surface area contributed by atoms with E-state index >= 15 is 0 Å². The van der Waals surface area contributed by atoms with Crippen LogP contribution in [0.3, 0.4) is 0 Å². The highest BCUT2D eigenvalue weighted by Gasteiger charge is 2.33. The number of terminal acetylenes is 1. The highest BCUT2D eigenvalue weighted by molar-refractivity contribution is 5.89. The Balaban J connectivity index is 3.29. The standard InChI is InChI=1S/C11H8F3NO2/c1-3-4-8-5-7(10(16)17-2)6-9(15-8)11(12,13)14/h1,5-6H,4H2,2H3. The summed E-state index contributed by atoms with van der Waals surface area (Å²) in [4.78, 5) is 14.5. The highest BCUT2D eigenvalue weighted by atomic mass is 19.4. The number of hydrogen-bond donors (Lipinski definition) is 0. The summed E-state index contributed by atoms with van der Waals surface area (Å²) in [5.74, 6) is 1.30. The van der Waals surface area contributed by atoms with Crippen LogP contribution in [0.15, 0.2) is 12.1 Å². The van der Waals surface area contributed by atoms with Crippen molar-refractivity contribution in [2.75, 3.05) is 7.11 Å². The van der Waals surface area contributed by atoms with Gasteiger partial charge in [-0.3, -0.25) is 0 Å². The summed E-state index contributed by atoms with van der Waals surface area (Å²) in [5.41, 5.74) is -1.38. The van der Waals surface area contributed by atoms with Crippen molar-refractivity contribution in [1.29, 1.82) is 0 Å². The van der Waals surface area contributed by atoms with Gasteiger partial charge in [-0.2, -0.15) is 13.2 Å². The first-order valence-corrected chi connectivity index (χ1v) is 4.48. The first kappa shape index (κ1) is 13.0. The van der Waals surface area contributed by atoms with Crippen molar-refractivity contribution < 1.29 is 22.7 Å². The van der Waals surface area contributed by atoms with Crippen molar-refractivity contribution in [2.45, 2.75) is 12.6 Å². The third-order valence-electron chi connectivity index (χ3n) is 1.87. The number of halogens is 3. The lowest BCUT2D eigenvalue weighted by Gasteiger charge is -2.09. The van der Waals surface area contributed by atoms with Crippen molar-refractivity contribution in [3.8, 4) is 12.3 Å². The number of carbonyl (C=O) groups is 1. The molecule has 0 aliphatic carbocycles. The van der Waals surface area contributed by atoms with Crippen LogP contribution in [0.4, 0.5) is 13.2 Å². The molecule has 0 atom stereocenters. The van der Waals surface area contributed by atoms with Gasteiger partial charge >= 0.3 is 12.1 Å². The summed E-state index contributed by atoms with van der Waals surface area (Å²) >= 11 is 0. The summed E-state index contributed by atoms with van der Waals surface area (Å²) in [5, 5.41) is 0.